The third-order valence-electron chi connectivity index (χ3n) is 5.61. The molecule has 146 valence electrons. The van der Waals surface area contributed by atoms with Gasteiger partial charge in [-0.05, 0) is 58.9 Å². The van der Waals surface area contributed by atoms with Crippen LogP contribution in [0.15, 0.2) is 0 Å². The van der Waals surface area contributed by atoms with Gasteiger partial charge in [0.2, 0.25) is 0 Å². The summed E-state index contributed by atoms with van der Waals surface area (Å²) < 4.78 is 5.70. The topological polar surface area (TPSA) is 67.6 Å². The molecule has 2 saturated carbocycles. The van der Waals surface area contributed by atoms with Crippen LogP contribution in [-0.2, 0) is 4.74 Å². The summed E-state index contributed by atoms with van der Waals surface area (Å²) in [6, 6.07) is 0.840. The fourth-order valence-electron chi connectivity index (χ4n) is 4.27. The van der Waals surface area contributed by atoms with Crippen LogP contribution in [0.3, 0.4) is 0 Å². The van der Waals surface area contributed by atoms with Crippen molar-refractivity contribution < 1.29 is 9.53 Å². The summed E-state index contributed by atoms with van der Waals surface area (Å²) in [5, 5.41) is 3.66. The molecule has 2 fully saturated rings. The lowest BCUT2D eigenvalue weighted by Crippen LogP contribution is -2.48. The van der Waals surface area contributed by atoms with Gasteiger partial charge in [0.15, 0.2) is 0 Å². The summed E-state index contributed by atoms with van der Waals surface area (Å²) in [5.41, 5.74) is 5.44. The lowest BCUT2D eigenvalue weighted by Gasteiger charge is -2.34. The molecule has 2 aliphatic rings. The molecule has 0 bridgehead atoms. The highest BCUT2D eigenvalue weighted by Crippen LogP contribution is 2.25. The van der Waals surface area contributed by atoms with E-state index in [1.165, 1.54) is 44.9 Å². The number of carbonyl (C=O) groups is 1. The Morgan fingerprint density at radius 2 is 1.76 bits per heavy atom. The Balaban J connectivity index is 1.92. The predicted octanol–water partition coefficient (Wildman–Crippen LogP) is 3.66. The van der Waals surface area contributed by atoms with E-state index in [-0.39, 0.29) is 6.09 Å². The molecule has 3 N–H and O–H groups in total. The van der Waals surface area contributed by atoms with Gasteiger partial charge in [0.1, 0.15) is 5.60 Å². The van der Waals surface area contributed by atoms with Crippen LogP contribution in [-0.4, -0.2) is 48.3 Å². The third kappa shape index (κ3) is 6.78. The number of nitrogens with two attached hydrogens (primary N) is 1. The van der Waals surface area contributed by atoms with Gasteiger partial charge in [-0.1, -0.05) is 32.1 Å². The summed E-state index contributed by atoms with van der Waals surface area (Å²) in [7, 11) is 0. The van der Waals surface area contributed by atoms with Crippen LogP contribution >= 0.6 is 0 Å². The number of nitrogens with zero attached hydrogens (tertiary/aromatic N) is 1. The first-order valence-corrected chi connectivity index (χ1v) is 10.3. The Morgan fingerprint density at radius 3 is 2.36 bits per heavy atom. The second-order valence-electron chi connectivity index (χ2n) is 8.81. The molecule has 2 atom stereocenters. The van der Waals surface area contributed by atoms with E-state index in [0.717, 1.165) is 32.5 Å². The quantitative estimate of drug-likeness (QED) is 0.715. The van der Waals surface area contributed by atoms with Crippen molar-refractivity contribution in [2.45, 2.75) is 96.2 Å². The Hall–Kier alpha value is -0.810. The van der Waals surface area contributed by atoms with Crippen molar-refractivity contribution in [3.05, 3.63) is 0 Å². The largest absolute Gasteiger partial charge is 0.444 e. The normalized spacial score (nSPS) is 25.6. The van der Waals surface area contributed by atoms with Gasteiger partial charge in [0, 0.05) is 25.2 Å². The smallest absolute Gasteiger partial charge is 0.410 e. The summed E-state index contributed by atoms with van der Waals surface area (Å²) >= 11 is 0. The van der Waals surface area contributed by atoms with Crippen LogP contribution in [0.2, 0.25) is 0 Å². The molecule has 0 aromatic heterocycles. The molecule has 0 aliphatic heterocycles. The third-order valence-corrected chi connectivity index (χ3v) is 5.61. The second-order valence-corrected chi connectivity index (χ2v) is 8.81. The fraction of sp³-hybridized carbons (Fsp3) is 0.950. The number of hydrogen-bond acceptors (Lipinski definition) is 4. The van der Waals surface area contributed by atoms with Crippen molar-refractivity contribution in [1.82, 2.24) is 10.2 Å². The van der Waals surface area contributed by atoms with E-state index in [1.807, 2.05) is 25.7 Å². The zero-order chi connectivity index (χ0) is 18.3. The first-order valence-electron chi connectivity index (χ1n) is 10.3. The number of carbonyl (C=O) groups excluding carboxylic acids is 1. The standard InChI is InChI=1S/C20H39N3O2/c1-20(2,3)25-19(24)23(17-10-6-4-5-7-11-17)14-13-22-18-12-8-9-16(18)15-21/h16-18,22H,4-15,21H2,1-3H3. The van der Waals surface area contributed by atoms with E-state index < -0.39 is 5.60 Å². The SMILES string of the molecule is CC(C)(C)OC(=O)N(CCNC1CCCC1CN)C1CCCCCC1. The lowest BCUT2D eigenvalue weighted by atomic mass is 10.0. The molecule has 25 heavy (non-hydrogen) atoms. The molecule has 0 aromatic rings. The summed E-state index contributed by atoms with van der Waals surface area (Å²) in [6.45, 7) is 8.15. The fourth-order valence-corrected chi connectivity index (χ4v) is 4.27. The highest BCUT2D eigenvalue weighted by Gasteiger charge is 2.30. The number of nitrogens with one attached hydrogen (secondary N) is 1. The summed E-state index contributed by atoms with van der Waals surface area (Å²) in [5.74, 6) is 0.591. The average molecular weight is 354 g/mol. The summed E-state index contributed by atoms with van der Waals surface area (Å²) in [6.07, 6.45) is 10.8. The van der Waals surface area contributed by atoms with Crippen LogP contribution in [0.4, 0.5) is 4.79 Å². The Kier molecular flexibility index (Phi) is 8.01. The second kappa shape index (κ2) is 9.77. The van der Waals surface area contributed by atoms with Crippen LogP contribution in [0, 0.1) is 5.92 Å². The van der Waals surface area contributed by atoms with Crippen molar-refractivity contribution in [2.75, 3.05) is 19.6 Å². The minimum Gasteiger partial charge on any atom is -0.444 e. The zero-order valence-corrected chi connectivity index (χ0v) is 16.6. The molecule has 2 unspecified atom stereocenters. The number of ether oxygens (including phenoxy) is 1. The molecule has 0 saturated heterocycles. The molecule has 2 rings (SSSR count). The first-order chi connectivity index (χ1) is 11.9. The van der Waals surface area contributed by atoms with Crippen molar-refractivity contribution in [2.24, 2.45) is 11.7 Å². The maximum absolute atomic E-state index is 12.8. The van der Waals surface area contributed by atoms with Gasteiger partial charge >= 0.3 is 6.09 Å². The maximum atomic E-state index is 12.8. The Labute approximate surface area is 154 Å². The van der Waals surface area contributed by atoms with Gasteiger partial charge in [0.05, 0.1) is 0 Å². The average Bonchev–Trinajstić information content (AvgIpc) is 2.82. The summed E-state index contributed by atoms with van der Waals surface area (Å²) in [4.78, 5) is 14.8. The van der Waals surface area contributed by atoms with Gasteiger partial charge in [0.25, 0.3) is 0 Å². The maximum Gasteiger partial charge on any atom is 0.410 e. The van der Waals surface area contributed by atoms with Gasteiger partial charge in [-0.3, -0.25) is 0 Å². The molecular formula is C20H39N3O2. The Morgan fingerprint density at radius 1 is 1.08 bits per heavy atom. The molecule has 0 aromatic carbocycles. The van der Waals surface area contributed by atoms with E-state index in [2.05, 4.69) is 5.32 Å². The predicted molar refractivity (Wildman–Crippen MR) is 103 cm³/mol. The van der Waals surface area contributed by atoms with Crippen molar-refractivity contribution in [3.63, 3.8) is 0 Å². The molecule has 2 aliphatic carbocycles. The minimum absolute atomic E-state index is 0.150. The van der Waals surface area contributed by atoms with Crippen LogP contribution in [0.1, 0.15) is 78.6 Å². The highest BCUT2D eigenvalue weighted by molar-refractivity contribution is 5.68. The van der Waals surface area contributed by atoms with Crippen molar-refractivity contribution >= 4 is 6.09 Å². The van der Waals surface area contributed by atoms with E-state index in [4.69, 9.17) is 10.5 Å². The molecule has 1 amide bonds. The minimum atomic E-state index is -0.441. The molecular weight excluding hydrogens is 314 g/mol. The van der Waals surface area contributed by atoms with E-state index >= 15 is 0 Å². The van der Waals surface area contributed by atoms with Crippen LogP contribution < -0.4 is 11.1 Å². The highest BCUT2D eigenvalue weighted by atomic mass is 16.6. The Bertz CT molecular complexity index is 400. The van der Waals surface area contributed by atoms with Crippen LogP contribution in [0.5, 0.6) is 0 Å². The van der Waals surface area contributed by atoms with Gasteiger partial charge in [-0.2, -0.15) is 0 Å². The van der Waals surface area contributed by atoms with Crippen molar-refractivity contribution in [3.8, 4) is 0 Å². The van der Waals surface area contributed by atoms with Crippen LogP contribution in [0.25, 0.3) is 0 Å². The van der Waals surface area contributed by atoms with Crippen molar-refractivity contribution in [1.29, 1.82) is 0 Å². The molecule has 0 heterocycles. The van der Waals surface area contributed by atoms with Gasteiger partial charge in [-0.15, -0.1) is 0 Å². The molecule has 5 heteroatoms. The molecule has 0 spiro atoms. The van der Waals surface area contributed by atoms with E-state index in [0.29, 0.717) is 18.0 Å². The van der Waals surface area contributed by atoms with Gasteiger partial charge in [-0.25, -0.2) is 4.79 Å². The number of hydrogen-bond donors (Lipinski definition) is 2. The van der Waals surface area contributed by atoms with E-state index in [9.17, 15) is 4.79 Å². The number of rotatable bonds is 6. The molecule has 0 radical (unpaired) electrons. The monoisotopic (exact) mass is 353 g/mol. The number of amides is 1. The lowest BCUT2D eigenvalue weighted by molar-refractivity contribution is 0.0145. The van der Waals surface area contributed by atoms with E-state index in [1.54, 1.807) is 0 Å². The molecule has 5 nitrogen and oxygen atoms in total. The van der Waals surface area contributed by atoms with Gasteiger partial charge < -0.3 is 20.7 Å². The zero-order valence-electron chi connectivity index (χ0n) is 16.6. The first kappa shape index (κ1) is 20.5.